The molecule has 36 nitrogen and oxygen atoms in total. The van der Waals surface area contributed by atoms with Crippen molar-refractivity contribution < 1.29 is 96.8 Å². The van der Waals surface area contributed by atoms with Crippen molar-refractivity contribution in [1.82, 2.24) is 69.1 Å². The summed E-state index contributed by atoms with van der Waals surface area (Å²) >= 11 is 1.30. The lowest BCUT2D eigenvalue weighted by molar-refractivity contribution is -0.143. The summed E-state index contributed by atoms with van der Waals surface area (Å²) in [6, 6.07) is -9.08. The number of amides is 15. The van der Waals surface area contributed by atoms with Gasteiger partial charge < -0.3 is 102 Å². The second kappa shape index (κ2) is 46.1. The van der Waals surface area contributed by atoms with Crippen LogP contribution in [0.15, 0.2) is 30.3 Å². The zero-order valence-corrected chi connectivity index (χ0v) is 60.6. The van der Waals surface area contributed by atoms with E-state index in [0.29, 0.717) is 5.56 Å². The Bertz CT molecular complexity index is 3060. The quantitative estimate of drug-likeness (QED) is 0.0291. The van der Waals surface area contributed by atoms with Gasteiger partial charge in [-0.05, 0) is 101 Å². The van der Waals surface area contributed by atoms with Crippen LogP contribution in [0.1, 0.15) is 140 Å². The van der Waals surface area contributed by atoms with E-state index in [1.165, 1.54) is 39.5 Å². The van der Waals surface area contributed by atoms with E-state index in [-0.39, 0.29) is 43.3 Å². The summed E-state index contributed by atoms with van der Waals surface area (Å²) < 4.78 is 0. The summed E-state index contributed by atoms with van der Waals surface area (Å²) in [6.07, 6.45) is -3.31. The number of hydrogen-bond acceptors (Lipinski definition) is 20. The number of nitrogens with one attached hydrogen (secondary N) is 13. The maximum absolute atomic E-state index is 14.2. The first-order valence-electron chi connectivity index (χ1n) is 33.4. The third-order valence-corrected chi connectivity index (χ3v) is 16.0. The fraction of sp³-hybridized carbons (Fsp3) is 0.646. The third-order valence-electron chi connectivity index (χ3n) is 15.3. The highest BCUT2D eigenvalue weighted by Crippen LogP contribution is 2.14. The van der Waals surface area contributed by atoms with Gasteiger partial charge in [0.05, 0.1) is 25.2 Å². The van der Waals surface area contributed by atoms with E-state index in [1.54, 1.807) is 78.1 Å². The largest absolute Gasteiger partial charge is 0.481 e. The Balaban J connectivity index is 3.37. The first kappa shape index (κ1) is 90.5. The lowest BCUT2D eigenvalue weighted by Crippen LogP contribution is -2.61. The fourth-order valence-electron chi connectivity index (χ4n) is 9.69. The zero-order valence-electron chi connectivity index (χ0n) is 59.8. The summed E-state index contributed by atoms with van der Waals surface area (Å²) in [6.45, 7) is 15.7. The monoisotopic (exact) mass is 1460 g/mol. The number of hydrogen-bond donors (Lipinski definition) is 19. The van der Waals surface area contributed by atoms with Gasteiger partial charge in [-0.15, -0.1) is 0 Å². The number of carboxylic acid groups (broad SMARTS) is 2. The van der Waals surface area contributed by atoms with Gasteiger partial charge in [0, 0.05) is 25.7 Å². The van der Waals surface area contributed by atoms with Crippen molar-refractivity contribution in [2.24, 2.45) is 40.9 Å². The molecule has 0 saturated carbocycles. The van der Waals surface area contributed by atoms with Crippen molar-refractivity contribution in [2.45, 2.75) is 219 Å². The first-order chi connectivity index (χ1) is 47.6. The Labute approximate surface area is 596 Å². The molecule has 15 amide bonds. The number of aliphatic carboxylic acids is 2. The third kappa shape index (κ3) is 35.2. The minimum absolute atomic E-state index is 0.0179. The highest BCUT2D eigenvalue weighted by atomic mass is 32.2. The van der Waals surface area contributed by atoms with Crippen molar-refractivity contribution in [3.8, 4) is 0 Å². The number of carbonyl (C=O) groups is 17. The van der Waals surface area contributed by atoms with Gasteiger partial charge in [-0.2, -0.15) is 11.8 Å². The Morgan fingerprint density at radius 3 is 1.23 bits per heavy atom. The van der Waals surface area contributed by atoms with Crippen LogP contribution in [0.25, 0.3) is 0 Å². The highest BCUT2D eigenvalue weighted by molar-refractivity contribution is 7.98. The van der Waals surface area contributed by atoms with Gasteiger partial charge in [-0.1, -0.05) is 85.7 Å². The first-order valence-corrected chi connectivity index (χ1v) is 34.8. The van der Waals surface area contributed by atoms with Crippen LogP contribution in [0.3, 0.4) is 0 Å². The number of carbonyl (C=O) groups excluding carboxylic acids is 15. The Morgan fingerprint density at radius 1 is 0.412 bits per heavy atom. The highest BCUT2D eigenvalue weighted by Gasteiger charge is 2.38. The van der Waals surface area contributed by atoms with Gasteiger partial charge in [0.15, 0.2) is 0 Å². The maximum Gasteiger partial charge on any atom is 0.326 e. The minimum Gasteiger partial charge on any atom is -0.481 e. The van der Waals surface area contributed by atoms with Crippen LogP contribution in [0, 0.1) is 23.7 Å². The molecule has 1 aromatic carbocycles. The van der Waals surface area contributed by atoms with Gasteiger partial charge in [-0.25, -0.2) is 4.79 Å². The molecular formula is C65H106N16O20S. The molecule has 0 aliphatic heterocycles. The second-order valence-corrected chi connectivity index (χ2v) is 27.2. The fourth-order valence-corrected chi connectivity index (χ4v) is 10.2. The molecule has 0 bridgehead atoms. The van der Waals surface area contributed by atoms with Crippen molar-refractivity contribution in [2.75, 3.05) is 25.1 Å². The van der Waals surface area contributed by atoms with Gasteiger partial charge >= 0.3 is 11.9 Å². The van der Waals surface area contributed by atoms with E-state index in [0.717, 1.165) is 6.92 Å². The zero-order chi connectivity index (χ0) is 77.8. The molecule has 0 heterocycles. The smallest absolute Gasteiger partial charge is 0.326 e. The van der Waals surface area contributed by atoms with Crippen molar-refractivity contribution in [3.63, 3.8) is 0 Å². The molecule has 37 heteroatoms. The standard InChI is InChI=1S/C65H106N16O20S/c1-31(2)26-43(73-49(86)29-69-54(89)35(9)66)61(96)80-51(33(5)6)62(97)77-44(27-32(3)4)60(95)76-42(24-25-102-12)57(92)71-36(10)55(90)74-41(20-23-50(87)88)58(93)75-39(18-21-46(67)83)56(91)70-30-48(85)72-40(19-22-47(68)84)59(94)79-52(34(7)8)63(98)81-53(37(11)82)64(99)78-45(65(100)101)28-38-16-14-13-15-17-38/h13-17,31-37,39-45,51-53,82H,18-30,66H2,1-12H3,(H2,67,83)(H2,68,84)(H,69,89)(H,70,91)(H,71,92)(H,72,85)(H,73,86)(H,74,90)(H,75,93)(H,76,95)(H,77,97)(H,78,99)(H,79,94)(H,80,96)(H,81,98)(H,87,88)(H,100,101)/t35-,36-,37+,39-,40-,41-,42-,43-,44-,45-,51-,52-,53-/m0/s1. The summed E-state index contributed by atoms with van der Waals surface area (Å²) in [4.78, 5) is 225. The van der Waals surface area contributed by atoms with E-state index < -0.39 is 243 Å². The SMILES string of the molecule is CSCC[C@H](NC(=O)[C@H](CC(C)C)NC(=O)[C@@H](NC(=O)[C@H](CC(C)C)NC(=O)CNC(=O)[C@H](C)N)C(C)C)C(=O)N[C@@H](C)C(=O)N[C@@H](CCC(=O)O)C(=O)N[C@@H](CCC(N)=O)C(=O)NCC(=O)N[C@@H](CCC(N)=O)C(=O)N[C@H](C(=O)N[C@H](C(=O)N[C@@H](Cc1ccccc1)C(=O)O)[C@@H](C)O)C(C)C. The number of rotatable bonds is 48. The average molecular weight is 1460 g/mol. The second-order valence-electron chi connectivity index (χ2n) is 26.2. The minimum atomic E-state index is -1.77. The molecule has 0 aromatic heterocycles. The molecule has 0 saturated heterocycles. The lowest BCUT2D eigenvalue weighted by Gasteiger charge is -2.29. The number of aliphatic hydroxyl groups is 1. The van der Waals surface area contributed by atoms with E-state index >= 15 is 0 Å². The molecule has 572 valence electrons. The van der Waals surface area contributed by atoms with Gasteiger partial charge in [-0.3, -0.25) is 76.7 Å². The van der Waals surface area contributed by atoms with Crippen LogP contribution >= 0.6 is 11.8 Å². The van der Waals surface area contributed by atoms with Crippen molar-refractivity contribution in [1.29, 1.82) is 0 Å². The molecule has 1 rings (SSSR count). The number of aliphatic hydroxyl groups excluding tert-OH is 1. The predicted octanol–water partition coefficient (Wildman–Crippen LogP) is -4.82. The average Bonchev–Trinajstić information content (AvgIpc) is 0.859. The topological polar surface area (TPSA) is 585 Å². The normalized spacial score (nSPS) is 15.0. The molecule has 1 aromatic rings. The molecule has 22 N–H and O–H groups in total. The van der Waals surface area contributed by atoms with Crippen LogP contribution in [0.4, 0.5) is 0 Å². The molecular weight excluding hydrogens is 1360 g/mol. The molecule has 0 spiro atoms. The maximum atomic E-state index is 14.2. The van der Waals surface area contributed by atoms with Gasteiger partial charge in [0.1, 0.15) is 66.5 Å². The summed E-state index contributed by atoms with van der Waals surface area (Å²) in [5.74, 6) is -18.3. The van der Waals surface area contributed by atoms with Crippen LogP contribution in [-0.4, -0.2) is 220 Å². The van der Waals surface area contributed by atoms with E-state index in [2.05, 4.69) is 69.1 Å². The van der Waals surface area contributed by atoms with E-state index in [1.807, 2.05) is 0 Å². The molecule has 0 aliphatic carbocycles. The van der Waals surface area contributed by atoms with Crippen LogP contribution in [0.5, 0.6) is 0 Å². The molecule has 0 fully saturated rings. The van der Waals surface area contributed by atoms with Crippen molar-refractivity contribution >= 4 is 112 Å². The summed E-state index contributed by atoms with van der Waals surface area (Å²) in [5, 5.41) is 61.6. The Morgan fingerprint density at radius 2 is 0.775 bits per heavy atom. The number of carboxylic acids is 2. The molecule has 102 heavy (non-hydrogen) atoms. The molecule has 0 radical (unpaired) electrons. The lowest BCUT2D eigenvalue weighted by atomic mass is 9.98. The van der Waals surface area contributed by atoms with Gasteiger partial charge in [0.25, 0.3) is 0 Å². The number of benzene rings is 1. The number of thioether (sulfide) groups is 1. The number of primary amides is 2. The van der Waals surface area contributed by atoms with E-state index in [9.17, 15) is 96.8 Å². The Kier molecular flexibility index (Phi) is 40.9. The number of nitrogens with two attached hydrogens (primary N) is 3. The molecule has 0 unspecified atom stereocenters. The molecule has 0 aliphatic rings. The van der Waals surface area contributed by atoms with Crippen LogP contribution < -0.4 is 86.3 Å². The van der Waals surface area contributed by atoms with Crippen molar-refractivity contribution in [3.05, 3.63) is 35.9 Å². The van der Waals surface area contributed by atoms with Crippen LogP contribution in [-0.2, 0) is 87.9 Å². The van der Waals surface area contributed by atoms with Crippen LogP contribution in [0.2, 0.25) is 0 Å². The predicted molar refractivity (Wildman–Crippen MR) is 371 cm³/mol. The van der Waals surface area contributed by atoms with E-state index in [4.69, 9.17) is 17.2 Å². The molecule has 13 atom stereocenters. The Hall–Kier alpha value is -9.52. The summed E-state index contributed by atoms with van der Waals surface area (Å²) in [7, 11) is 0. The summed E-state index contributed by atoms with van der Waals surface area (Å²) in [5.41, 5.74) is 16.8. The van der Waals surface area contributed by atoms with Gasteiger partial charge in [0.2, 0.25) is 88.6 Å².